The summed E-state index contributed by atoms with van der Waals surface area (Å²) < 4.78 is 15.2. The van der Waals surface area contributed by atoms with Crippen LogP contribution in [0.15, 0.2) is 41.6 Å². The lowest BCUT2D eigenvalue weighted by molar-refractivity contribution is -0.125. The minimum absolute atomic E-state index is 0.0982. The molecule has 0 spiro atoms. The summed E-state index contributed by atoms with van der Waals surface area (Å²) in [5, 5.41) is 0.655. The zero-order valence-electron chi connectivity index (χ0n) is 31.7. The number of benzene rings is 2. The average Bonchev–Trinajstić information content (AvgIpc) is 3.87. The topological polar surface area (TPSA) is 135 Å². The summed E-state index contributed by atoms with van der Waals surface area (Å²) in [6.45, 7) is 12.2. The number of amides is 4. The lowest BCUT2D eigenvalue weighted by atomic mass is 10.2. The smallest absolute Gasteiger partial charge is 0.411 e. The number of aromatic nitrogens is 4. The van der Waals surface area contributed by atoms with Crippen LogP contribution in [0.4, 0.5) is 21.0 Å². The van der Waals surface area contributed by atoms with Crippen LogP contribution in [-0.4, -0.2) is 95.7 Å². The van der Waals surface area contributed by atoms with E-state index < -0.39 is 11.2 Å². The molecule has 2 aromatic carbocycles. The maximum Gasteiger partial charge on any atom is 0.411 e. The molecule has 0 saturated carbocycles. The van der Waals surface area contributed by atoms with E-state index in [1.54, 1.807) is 9.80 Å². The molecule has 3 aliphatic heterocycles. The van der Waals surface area contributed by atoms with Crippen LogP contribution in [0.5, 0.6) is 0 Å². The fraction of sp³-hybridized carbons (Fsp3) is 0.526. The molecule has 7 rings (SSSR count). The third-order valence-electron chi connectivity index (χ3n) is 9.78. The van der Waals surface area contributed by atoms with Gasteiger partial charge in [-0.15, -0.1) is 0 Å². The monoisotopic (exact) mass is 744 g/mol. The molecule has 4 aromatic rings. The number of aryl methyl sites for hydroxylation is 2. The summed E-state index contributed by atoms with van der Waals surface area (Å²) in [6, 6.07) is 10.9. The molecule has 0 aliphatic carbocycles. The van der Waals surface area contributed by atoms with Crippen LogP contribution in [0.25, 0.3) is 22.1 Å². The van der Waals surface area contributed by atoms with Gasteiger partial charge in [-0.1, -0.05) is 11.8 Å². The molecule has 0 radical (unpaired) electrons. The van der Waals surface area contributed by atoms with E-state index in [2.05, 4.69) is 0 Å². The van der Waals surface area contributed by atoms with Crippen molar-refractivity contribution >= 4 is 69.2 Å². The van der Waals surface area contributed by atoms with Gasteiger partial charge in [0.05, 0.1) is 33.5 Å². The van der Waals surface area contributed by atoms with Gasteiger partial charge in [0.1, 0.15) is 30.1 Å². The van der Waals surface area contributed by atoms with Crippen molar-refractivity contribution in [1.29, 1.82) is 0 Å². The molecule has 4 amide bonds. The predicted octanol–water partition coefficient (Wildman–Crippen LogP) is 6.36. The Labute approximate surface area is 313 Å². The summed E-state index contributed by atoms with van der Waals surface area (Å²) in [6.07, 6.45) is 2.67. The number of imidazole rings is 2. The van der Waals surface area contributed by atoms with E-state index in [1.165, 1.54) is 21.6 Å². The first-order valence-corrected chi connectivity index (χ1v) is 19.0. The van der Waals surface area contributed by atoms with Crippen LogP contribution in [0.1, 0.15) is 79.1 Å². The molecular weight excluding hydrogens is 697 g/mol. The Morgan fingerprint density at radius 1 is 0.717 bits per heavy atom. The number of carbonyl (C=O) groups is 4. The predicted molar refractivity (Wildman–Crippen MR) is 203 cm³/mol. The molecule has 0 N–H and O–H groups in total. The summed E-state index contributed by atoms with van der Waals surface area (Å²) in [5.41, 5.74) is 3.17. The lowest BCUT2D eigenvalue weighted by Gasteiger charge is -2.34. The van der Waals surface area contributed by atoms with Crippen LogP contribution in [0.3, 0.4) is 0 Å². The Kier molecular flexibility index (Phi) is 9.36. The number of ether oxygens (including phenoxy) is 2. The van der Waals surface area contributed by atoms with Gasteiger partial charge in [0.15, 0.2) is 5.16 Å². The molecule has 2 aromatic heterocycles. The van der Waals surface area contributed by atoms with Crippen molar-refractivity contribution in [1.82, 2.24) is 28.9 Å². The normalized spacial score (nSPS) is 20.0. The Morgan fingerprint density at radius 2 is 1.23 bits per heavy atom. The zero-order valence-corrected chi connectivity index (χ0v) is 32.5. The van der Waals surface area contributed by atoms with Crippen molar-refractivity contribution in [2.45, 2.75) is 95.0 Å². The third-order valence-corrected chi connectivity index (χ3v) is 11.1. The van der Waals surface area contributed by atoms with Crippen molar-refractivity contribution < 1.29 is 28.7 Å². The maximum absolute atomic E-state index is 13.7. The van der Waals surface area contributed by atoms with Gasteiger partial charge < -0.3 is 28.4 Å². The van der Waals surface area contributed by atoms with E-state index >= 15 is 0 Å². The van der Waals surface area contributed by atoms with E-state index in [0.29, 0.717) is 24.5 Å². The second-order valence-electron chi connectivity index (χ2n) is 16.0. The van der Waals surface area contributed by atoms with E-state index in [0.717, 1.165) is 58.7 Å². The molecule has 3 fully saturated rings. The minimum Gasteiger partial charge on any atom is -0.444 e. The van der Waals surface area contributed by atoms with Gasteiger partial charge in [-0.05, 0) is 104 Å². The molecule has 14 nitrogen and oxygen atoms in total. The van der Waals surface area contributed by atoms with E-state index in [-0.39, 0.29) is 48.5 Å². The number of likely N-dealkylation sites (tertiary alicyclic amines) is 2. The standard InChI is InChI=1S/C38H48N8O6S/c1-37(2,3)51-35(49)43-17-9-11-27(43)33-39-25-15-13-23(19-28(25)41(33)7)45-21-31(48)46(22-30(45)47)24-14-16-26-29(20-24)42(8)34(40-26)53-32-12-10-18-44(32)36(50)52-38(4,5)6/h13-16,19-20,27,32H,9-12,17-18,21-22H2,1-8H3. The van der Waals surface area contributed by atoms with Gasteiger partial charge in [-0.25, -0.2) is 19.6 Å². The van der Waals surface area contributed by atoms with Crippen molar-refractivity contribution in [3.63, 3.8) is 0 Å². The molecule has 53 heavy (non-hydrogen) atoms. The van der Waals surface area contributed by atoms with E-state index in [4.69, 9.17) is 19.4 Å². The van der Waals surface area contributed by atoms with Gasteiger partial charge >= 0.3 is 12.2 Å². The SMILES string of the molecule is Cn1c(SC2CCCN2C(=O)OC(C)(C)C)nc2ccc(N3CC(=O)N(c4ccc5nc(C6CCCN6C(=O)OC(C)(C)C)n(C)c5c4)CC3=O)cc21. The zero-order chi connectivity index (χ0) is 38.0. The summed E-state index contributed by atoms with van der Waals surface area (Å²) in [5.74, 6) is 0.343. The fourth-order valence-corrected chi connectivity index (χ4v) is 8.52. The van der Waals surface area contributed by atoms with E-state index in [1.807, 2.05) is 101 Å². The quantitative estimate of drug-likeness (QED) is 0.229. The van der Waals surface area contributed by atoms with Crippen LogP contribution < -0.4 is 9.80 Å². The highest BCUT2D eigenvalue weighted by molar-refractivity contribution is 7.99. The molecule has 3 aliphatic rings. The van der Waals surface area contributed by atoms with Gasteiger partial charge in [0, 0.05) is 38.6 Å². The Bertz CT molecular complexity index is 2110. The number of nitrogens with zero attached hydrogens (tertiary/aromatic N) is 8. The Hall–Kier alpha value is -4.79. The Morgan fingerprint density at radius 3 is 1.81 bits per heavy atom. The number of rotatable bonds is 5. The molecule has 5 heterocycles. The van der Waals surface area contributed by atoms with Crippen LogP contribution in [0.2, 0.25) is 0 Å². The van der Waals surface area contributed by atoms with Gasteiger partial charge in [0.25, 0.3) is 0 Å². The highest BCUT2D eigenvalue weighted by Crippen LogP contribution is 2.37. The van der Waals surface area contributed by atoms with Crippen LogP contribution >= 0.6 is 11.8 Å². The van der Waals surface area contributed by atoms with Gasteiger partial charge in [-0.3, -0.25) is 19.4 Å². The maximum atomic E-state index is 13.7. The minimum atomic E-state index is -0.600. The highest BCUT2D eigenvalue weighted by Gasteiger charge is 2.37. The highest BCUT2D eigenvalue weighted by atomic mass is 32.2. The van der Waals surface area contributed by atoms with Crippen molar-refractivity contribution in [3.8, 4) is 0 Å². The second-order valence-corrected chi connectivity index (χ2v) is 17.2. The molecule has 2 atom stereocenters. The van der Waals surface area contributed by atoms with Crippen molar-refractivity contribution in [2.24, 2.45) is 14.1 Å². The molecule has 282 valence electrons. The Balaban J connectivity index is 1.07. The third kappa shape index (κ3) is 7.27. The number of anilines is 2. The molecule has 2 unspecified atom stereocenters. The number of piperazine rings is 1. The molecule has 15 heteroatoms. The van der Waals surface area contributed by atoms with Crippen molar-refractivity contribution in [3.05, 3.63) is 42.2 Å². The summed E-state index contributed by atoms with van der Waals surface area (Å²) in [7, 11) is 3.83. The van der Waals surface area contributed by atoms with Crippen LogP contribution in [-0.2, 0) is 33.2 Å². The van der Waals surface area contributed by atoms with Gasteiger partial charge in [0.2, 0.25) is 11.8 Å². The first-order chi connectivity index (χ1) is 25.0. The van der Waals surface area contributed by atoms with Crippen molar-refractivity contribution in [2.75, 3.05) is 36.0 Å². The fourth-order valence-electron chi connectivity index (χ4n) is 7.26. The molecule has 0 bridgehead atoms. The number of hydrogen-bond donors (Lipinski definition) is 0. The summed E-state index contributed by atoms with van der Waals surface area (Å²) in [4.78, 5) is 69.5. The number of thioether (sulfide) groups is 1. The molecule has 3 saturated heterocycles. The summed E-state index contributed by atoms with van der Waals surface area (Å²) >= 11 is 1.53. The molecular formula is C38H48N8O6S. The van der Waals surface area contributed by atoms with Gasteiger partial charge in [-0.2, -0.15) is 0 Å². The lowest BCUT2D eigenvalue weighted by Crippen LogP contribution is -2.54. The number of fused-ring (bicyclic) bond motifs is 2. The van der Waals surface area contributed by atoms with Crippen LogP contribution in [0, 0.1) is 0 Å². The largest absolute Gasteiger partial charge is 0.444 e. The average molecular weight is 745 g/mol. The number of hydrogen-bond acceptors (Lipinski definition) is 9. The number of carbonyl (C=O) groups excluding carboxylic acids is 4. The first-order valence-electron chi connectivity index (χ1n) is 18.2. The second kappa shape index (κ2) is 13.6. The first kappa shape index (κ1) is 36.6. The van der Waals surface area contributed by atoms with E-state index in [9.17, 15) is 19.2 Å².